The number of carbonyl (C=O) groups is 2. The molecule has 8 heteroatoms. The fourth-order valence-electron chi connectivity index (χ4n) is 4.93. The van der Waals surface area contributed by atoms with E-state index in [9.17, 15) is 14.7 Å². The minimum absolute atomic E-state index is 0.0224. The smallest absolute Gasteiger partial charge is 0.258 e. The van der Waals surface area contributed by atoms with Gasteiger partial charge in [0.1, 0.15) is 5.75 Å². The molecule has 220 valence electrons. The fraction of sp³-hybridized carbons (Fsp3) is 0.562. The number of ether oxygens (including phenoxy) is 2. The number of rotatable bonds is 7. The molecule has 1 N–H and O–H groups in total. The lowest BCUT2D eigenvalue weighted by molar-refractivity contribution is -0.131. The molecule has 8 nitrogen and oxygen atoms in total. The first-order chi connectivity index (χ1) is 19.1. The van der Waals surface area contributed by atoms with Crippen molar-refractivity contribution in [3.8, 4) is 5.75 Å². The van der Waals surface area contributed by atoms with Gasteiger partial charge in [-0.1, -0.05) is 37.3 Å². The topological polar surface area (TPSA) is 82.6 Å². The van der Waals surface area contributed by atoms with Crippen molar-refractivity contribution in [1.29, 1.82) is 0 Å². The normalized spacial score (nSPS) is 21.5. The Hall–Kier alpha value is -3.10. The average Bonchev–Trinajstić information content (AvgIpc) is 2.94. The van der Waals surface area contributed by atoms with Crippen molar-refractivity contribution in [3.05, 3.63) is 59.7 Å². The van der Waals surface area contributed by atoms with Crippen LogP contribution in [0.25, 0.3) is 0 Å². The fourth-order valence-corrected chi connectivity index (χ4v) is 4.93. The standard InChI is InChI=1S/C32H47N3O5/c1-23-20-35(24(2)22-36)32(38)28-19-27(33(4)5)15-16-29(28)40-25(3)12-10-11-17-39-30(23)21-34(6)31(37)18-26-13-8-7-9-14-26/h7-9,13-16,19,23-25,30,36H,10-12,17-18,20-22H2,1-6H3/t23-,24-,25-,30+/m1/s1. The first-order valence-electron chi connectivity index (χ1n) is 14.4. The van der Waals surface area contributed by atoms with Crippen molar-refractivity contribution in [2.75, 3.05) is 52.3 Å². The molecule has 0 fully saturated rings. The zero-order valence-corrected chi connectivity index (χ0v) is 25.0. The molecule has 0 spiro atoms. The number of likely N-dealkylation sites (N-methyl/N-ethyl adjacent to an activating group) is 1. The van der Waals surface area contributed by atoms with Gasteiger partial charge in [0.25, 0.3) is 5.91 Å². The van der Waals surface area contributed by atoms with Crippen LogP contribution in [-0.4, -0.2) is 92.4 Å². The van der Waals surface area contributed by atoms with Crippen molar-refractivity contribution >= 4 is 17.5 Å². The number of amides is 2. The summed E-state index contributed by atoms with van der Waals surface area (Å²) in [5.74, 6) is 0.299. The van der Waals surface area contributed by atoms with Crippen molar-refractivity contribution in [2.24, 2.45) is 5.92 Å². The predicted octanol–water partition coefficient (Wildman–Crippen LogP) is 4.25. The number of anilines is 1. The van der Waals surface area contributed by atoms with Crippen LogP contribution < -0.4 is 9.64 Å². The Bertz CT molecular complexity index is 1090. The third-order valence-corrected chi connectivity index (χ3v) is 7.63. The highest BCUT2D eigenvalue weighted by molar-refractivity contribution is 5.98. The summed E-state index contributed by atoms with van der Waals surface area (Å²) in [6.07, 6.45) is 2.63. The second-order valence-electron chi connectivity index (χ2n) is 11.3. The van der Waals surface area contributed by atoms with Crippen LogP contribution in [0.1, 0.15) is 56.0 Å². The van der Waals surface area contributed by atoms with Crippen LogP contribution in [0, 0.1) is 5.92 Å². The lowest BCUT2D eigenvalue weighted by Crippen LogP contribution is -2.48. The average molecular weight is 554 g/mol. The maximum absolute atomic E-state index is 14.1. The highest BCUT2D eigenvalue weighted by atomic mass is 16.5. The van der Waals surface area contributed by atoms with Crippen molar-refractivity contribution in [3.63, 3.8) is 0 Å². The van der Waals surface area contributed by atoms with Gasteiger partial charge in [0.15, 0.2) is 0 Å². The van der Waals surface area contributed by atoms with E-state index >= 15 is 0 Å². The molecule has 3 rings (SSSR count). The summed E-state index contributed by atoms with van der Waals surface area (Å²) in [7, 11) is 5.68. The van der Waals surface area contributed by atoms with Gasteiger partial charge in [-0.2, -0.15) is 0 Å². The number of nitrogens with zero attached hydrogens (tertiary/aromatic N) is 3. The number of benzene rings is 2. The van der Waals surface area contributed by atoms with Crippen molar-refractivity contribution in [2.45, 2.75) is 64.7 Å². The molecule has 4 atom stereocenters. The van der Waals surface area contributed by atoms with Crippen molar-refractivity contribution in [1.82, 2.24) is 9.80 Å². The van der Waals surface area contributed by atoms with Gasteiger partial charge in [-0.15, -0.1) is 0 Å². The van der Waals surface area contributed by atoms with Gasteiger partial charge >= 0.3 is 0 Å². The van der Waals surface area contributed by atoms with Crippen LogP contribution in [0.3, 0.4) is 0 Å². The van der Waals surface area contributed by atoms with Crippen LogP contribution in [0.4, 0.5) is 5.69 Å². The minimum Gasteiger partial charge on any atom is -0.490 e. The Morgan fingerprint density at radius 1 is 1.10 bits per heavy atom. The monoisotopic (exact) mass is 553 g/mol. The summed E-state index contributed by atoms with van der Waals surface area (Å²) < 4.78 is 12.7. The Morgan fingerprint density at radius 2 is 1.82 bits per heavy atom. The number of aliphatic hydroxyl groups excluding tert-OH is 1. The lowest BCUT2D eigenvalue weighted by atomic mass is 10.0. The molecular formula is C32H47N3O5. The number of aliphatic hydroxyl groups is 1. The largest absolute Gasteiger partial charge is 0.490 e. The van der Waals surface area contributed by atoms with Gasteiger partial charge < -0.3 is 29.3 Å². The number of carbonyl (C=O) groups excluding carboxylic acids is 2. The summed E-state index contributed by atoms with van der Waals surface area (Å²) in [6, 6.07) is 15.0. The number of hydrogen-bond donors (Lipinski definition) is 1. The molecule has 0 aromatic heterocycles. The lowest BCUT2D eigenvalue weighted by Gasteiger charge is -2.36. The summed E-state index contributed by atoms with van der Waals surface area (Å²) >= 11 is 0. The molecule has 0 saturated carbocycles. The van der Waals surface area contributed by atoms with E-state index in [0.717, 1.165) is 30.5 Å². The molecule has 2 amide bonds. The van der Waals surface area contributed by atoms with E-state index in [0.29, 0.717) is 37.4 Å². The number of fused-ring (bicyclic) bond motifs is 1. The molecule has 40 heavy (non-hydrogen) atoms. The SMILES string of the molecule is C[C@@H]1CCCCO[C@@H](CN(C)C(=O)Cc2ccccc2)[C@H](C)CN([C@H](C)CO)C(=O)c2cc(N(C)C)ccc2O1. The third-order valence-electron chi connectivity index (χ3n) is 7.63. The second-order valence-corrected chi connectivity index (χ2v) is 11.3. The van der Waals surface area contributed by atoms with Gasteiger partial charge in [0.05, 0.1) is 36.8 Å². The Kier molecular flexibility index (Phi) is 11.8. The zero-order valence-electron chi connectivity index (χ0n) is 25.0. The third kappa shape index (κ3) is 8.70. The van der Waals surface area contributed by atoms with E-state index < -0.39 is 6.04 Å². The van der Waals surface area contributed by atoms with E-state index in [-0.39, 0.29) is 36.5 Å². The molecule has 1 heterocycles. The Balaban J connectivity index is 1.88. The molecule has 0 aliphatic carbocycles. The van der Waals surface area contributed by atoms with E-state index in [2.05, 4.69) is 0 Å². The second kappa shape index (κ2) is 15.1. The quantitative estimate of drug-likeness (QED) is 0.552. The van der Waals surface area contributed by atoms with Gasteiger partial charge in [-0.3, -0.25) is 9.59 Å². The summed E-state index contributed by atoms with van der Waals surface area (Å²) in [5, 5.41) is 10.1. The maximum Gasteiger partial charge on any atom is 0.258 e. The first-order valence-corrected chi connectivity index (χ1v) is 14.4. The van der Waals surface area contributed by atoms with E-state index in [1.165, 1.54) is 0 Å². The van der Waals surface area contributed by atoms with Crippen LogP contribution in [-0.2, 0) is 16.0 Å². The highest BCUT2D eigenvalue weighted by Crippen LogP contribution is 2.29. The van der Waals surface area contributed by atoms with Gasteiger partial charge in [-0.25, -0.2) is 0 Å². The molecule has 0 saturated heterocycles. The first kappa shape index (κ1) is 31.4. The molecule has 0 unspecified atom stereocenters. The van der Waals surface area contributed by atoms with E-state index in [1.807, 2.05) is 95.3 Å². The zero-order chi connectivity index (χ0) is 29.2. The van der Waals surface area contributed by atoms with Crippen LogP contribution in [0.15, 0.2) is 48.5 Å². The van der Waals surface area contributed by atoms with E-state index in [4.69, 9.17) is 9.47 Å². The van der Waals surface area contributed by atoms with Crippen LogP contribution in [0.2, 0.25) is 0 Å². The molecule has 2 aromatic carbocycles. The predicted molar refractivity (Wildman–Crippen MR) is 159 cm³/mol. The molecule has 2 aromatic rings. The van der Waals surface area contributed by atoms with Gasteiger partial charge in [0.2, 0.25) is 5.91 Å². The Labute approximate surface area is 239 Å². The van der Waals surface area contributed by atoms with Gasteiger partial charge in [0, 0.05) is 52.4 Å². The minimum atomic E-state index is -0.408. The van der Waals surface area contributed by atoms with E-state index in [1.54, 1.807) is 9.80 Å². The summed E-state index contributed by atoms with van der Waals surface area (Å²) in [6.45, 7) is 7.10. The molecule has 0 radical (unpaired) electrons. The molecule has 1 aliphatic rings. The number of hydrogen-bond acceptors (Lipinski definition) is 6. The molecular weight excluding hydrogens is 506 g/mol. The van der Waals surface area contributed by atoms with Crippen LogP contribution >= 0.6 is 0 Å². The van der Waals surface area contributed by atoms with Crippen LogP contribution in [0.5, 0.6) is 5.75 Å². The van der Waals surface area contributed by atoms with Gasteiger partial charge in [-0.05, 0) is 56.9 Å². The molecule has 0 bridgehead atoms. The Morgan fingerprint density at radius 3 is 2.50 bits per heavy atom. The maximum atomic E-state index is 14.1. The highest BCUT2D eigenvalue weighted by Gasteiger charge is 2.31. The van der Waals surface area contributed by atoms with Crippen molar-refractivity contribution < 1.29 is 24.2 Å². The molecule has 1 aliphatic heterocycles. The summed E-state index contributed by atoms with van der Waals surface area (Å²) in [5.41, 5.74) is 2.35. The summed E-state index contributed by atoms with van der Waals surface area (Å²) in [4.78, 5) is 32.5.